The van der Waals surface area contributed by atoms with Crippen LogP contribution in [0.25, 0.3) is 0 Å². The lowest BCUT2D eigenvalue weighted by Gasteiger charge is -2.25. The molecule has 0 spiro atoms. The summed E-state index contributed by atoms with van der Waals surface area (Å²) in [5.41, 5.74) is -0.658. The van der Waals surface area contributed by atoms with Gasteiger partial charge in [-0.3, -0.25) is 19.3 Å². The minimum atomic E-state index is -0.970. The van der Waals surface area contributed by atoms with Crippen LogP contribution in [0.5, 0.6) is 11.5 Å². The highest BCUT2D eigenvalue weighted by Crippen LogP contribution is 2.31. The van der Waals surface area contributed by atoms with Crippen molar-refractivity contribution in [2.45, 2.75) is 45.1 Å². The summed E-state index contributed by atoms with van der Waals surface area (Å²) < 4.78 is 15.9. The van der Waals surface area contributed by atoms with Crippen molar-refractivity contribution in [2.75, 3.05) is 26.4 Å². The zero-order valence-electron chi connectivity index (χ0n) is 17.2. The van der Waals surface area contributed by atoms with E-state index < -0.39 is 42.4 Å². The zero-order chi connectivity index (χ0) is 21.7. The number of hydrogen-bond donors (Lipinski definition) is 1. The fourth-order valence-corrected chi connectivity index (χ4v) is 3.76. The first-order valence-corrected chi connectivity index (χ1v) is 10.1. The average molecular weight is 418 g/mol. The number of benzene rings is 1. The number of carbonyl (C=O) groups is 4. The van der Waals surface area contributed by atoms with Crippen molar-refractivity contribution < 1.29 is 33.4 Å². The van der Waals surface area contributed by atoms with Gasteiger partial charge in [-0.1, -0.05) is 26.7 Å². The number of ketones is 1. The summed E-state index contributed by atoms with van der Waals surface area (Å²) in [5, 5.41) is 2.73. The summed E-state index contributed by atoms with van der Waals surface area (Å²) in [6.07, 6.45) is 2.43. The normalized spacial score (nSPS) is 16.9. The first-order chi connectivity index (χ1) is 14.4. The predicted molar refractivity (Wildman–Crippen MR) is 106 cm³/mol. The van der Waals surface area contributed by atoms with Gasteiger partial charge >= 0.3 is 12.0 Å². The summed E-state index contributed by atoms with van der Waals surface area (Å²) in [5.74, 6) is -0.666. The van der Waals surface area contributed by atoms with Crippen LogP contribution in [-0.2, 0) is 14.3 Å². The largest absolute Gasteiger partial charge is 0.486 e. The third-order valence-corrected chi connectivity index (χ3v) is 5.12. The van der Waals surface area contributed by atoms with Crippen LogP contribution in [-0.4, -0.2) is 60.5 Å². The van der Waals surface area contributed by atoms with Crippen molar-refractivity contribution in [3.05, 3.63) is 23.8 Å². The first-order valence-electron chi connectivity index (χ1n) is 10.1. The Bertz CT molecular complexity index is 846. The van der Waals surface area contributed by atoms with Gasteiger partial charge in [0.2, 0.25) is 0 Å². The van der Waals surface area contributed by atoms with Crippen LogP contribution < -0.4 is 14.8 Å². The smallest absolute Gasteiger partial charge is 0.326 e. The monoisotopic (exact) mass is 418 g/mol. The fourth-order valence-electron chi connectivity index (χ4n) is 3.76. The molecule has 1 aromatic carbocycles. The Balaban J connectivity index is 1.57. The zero-order valence-corrected chi connectivity index (χ0v) is 17.2. The molecular weight excluding hydrogens is 392 g/mol. The van der Waals surface area contributed by atoms with Gasteiger partial charge in [0.25, 0.3) is 5.91 Å². The van der Waals surface area contributed by atoms with Gasteiger partial charge in [-0.05, 0) is 31.0 Å². The number of ether oxygens (including phenoxy) is 3. The molecule has 30 heavy (non-hydrogen) atoms. The second kappa shape index (κ2) is 9.15. The lowest BCUT2D eigenvalue weighted by Crippen LogP contribution is -2.47. The van der Waals surface area contributed by atoms with E-state index in [0.29, 0.717) is 56.0 Å². The van der Waals surface area contributed by atoms with Crippen LogP contribution in [0.15, 0.2) is 18.2 Å². The maximum absolute atomic E-state index is 12.8. The van der Waals surface area contributed by atoms with E-state index in [9.17, 15) is 19.2 Å². The number of nitrogens with one attached hydrogen (secondary N) is 1. The Morgan fingerprint density at radius 2 is 1.77 bits per heavy atom. The Kier molecular flexibility index (Phi) is 6.59. The SMILES string of the molecule is CCCC1(CCC)NC(=O)N(CC(=O)OCC(=O)c2ccc3c(c2)OCCO3)C1=O. The second-order valence-corrected chi connectivity index (χ2v) is 7.35. The van der Waals surface area contributed by atoms with Gasteiger partial charge in [-0.25, -0.2) is 4.79 Å². The van der Waals surface area contributed by atoms with Crippen LogP contribution in [0.1, 0.15) is 49.9 Å². The quantitative estimate of drug-likeness (QED) is 0.371. The molecule has 0 radical (unpaired) electrons. The highest BCUT2D eigenvalue weighted by atomic mass is 16.6. The molecule has 1 aromatic rings. The third kappa shape index (κ3) is 4.39. The number of carbonyl (C=O) groups excluding carboxylic acids is 4. The van der Waals surface area contributed by atoms with Gasteiger partial charge in [0, 0.05) is 5.56 Å². The van der Waals surface area contributed by atoms with E-state index in [1.54, 1.807) is 12.1 Å². The Morgan fingerprint density at radius 3 is 2.43 bits per heavy atom. The number of Topliss-reactive ketones (excluding diaryl/α,β-unsaturated/α-hetero) is 1. The number of fused-ring (bicyclic) bond motifs is 1. The average Bonchev–Trinajstić information content (AvgIpc) is 2.96. The number of rotatable bonds is 9. The molecule has 0 unspecified atom stereocenters. The summed E-state index contributed by atoms with van der Waals surface area (Å²) in [7, 11) is 0. The number of hydrogen-bond acceptors (Lipinski definition) is 7. The minimum Gasteiger partial charge on any atom is -0.486 e. The van der Waals surface area contributed by atoms with Gasteiger partial charge < -0.3 is 19.5 Å². The van der Waals surface area contributed by atoms with Crippen molar-refractivity contribution >= 4 is 23.7 Å². The van der Waals surface area contributed by atoms with Crippen LogP contribution in [0.2, 0.25) is 0 Å². The molecule has 162 valence electrons. The molecule has 9 heteroatoms. The van der Waals surface area contributed by atoms with Gasteiger partial charge in [-0.15, -0.1) is 0 Å². The Morgan fingerprint density at radius 1 is 1.10 bits per heavy atom. The fraction of sp³-hybridized carbons (Fsp3) is 0.524. The van der Waals surface area contributed by atoms with E-state index in [4.69, 9.17) is 14.2 Å². The molecule has 1 N–H and O–H groups in total. The molecule has 3 rings (SSSR count). The molecule has 2 aliphatic heterocycles. The maximum atomic E-state index is 12.8. The molecule has 0 aromatic heterocycles. The van der Waals surface area contributed by atoms with Crippen LogP contribution in [0.3, 0.4) is 0 Å². The Labute approximate surface area is 174 Å². The Hall–Kier alpha value is -3.10. The summed E-state index contributed by atoms with van der Waals surface area (Å²) in [4.78, 5) is 50.5. The minimum absolute atomic E-state index is 0.312. The maximum Gasteiger partial charge on any atom is 0.326 e. The highest BCUT2D eigenvalue weighted by molar-refractivity contribution is 6.08. The van der Waals surface area contributed by atoms with E-state index in [2.05, 4.69) is 5.32 Å². The van der Waals surface area contributed by atoms with Crippen molar-refractivity contribution in [3.8, 4) is 11.5 Å². The lowest BCUT2D eigenvalue weighted by atomic mass is 9.88. The van der Waals surface area contributed by atoms with Gasteiger partial charge in [-0.2, -0.15) is 0 Å². The second-order valence-electron chi connectivity index (χ2n) is 7.35. The molecule has 2 aliphatic rings. The first kappa shape index (κ1) is 21.6. The van der Waals surface area contributed by atoms with E-state index in [-0.39, 0.29) is 0 Å². The molecule has 0 atom stereocenters. The number of amides is 3. The lowest BCUT2D eigenvalue weighted by molar-refractivity contribution is -0.147. The molecule has 1 saturated heterocycles. The topological polar surface area (TPSA) is 111 Å². The molecule has 0 saturated carbocycles. The van der Waals surface area contributed by atoms with E-state index in [0.717, 1.165) is 4.90 Å². The van der Waals surface area contributed by atoms with E-state index in [1.165, 1.54) is 6.07 Å². The van der Waals surface area contributed by atoms with E-state index >= 15 is 0 Å². The number of urea groups is 1. The highest BCUT2D eigenvalue weighted by Gasteiger charge is 2.50. The summed E-state index contributed by atoms with van der Waals surface area (Å²) in [6.45, 7) is 3.65. The van der Waals surface area contributed by atoms with E-state index in [1.807, 2.05) is 13.8 Å². The van der Waals surface area contributed by atoms with Crippen molar-refractivity contribution in [3.63, 3.8) is 0 Å². The van der Waals surface area contributed by atoms with Crippen molar-refractivity contribution in [2.24, 2.45) is 0 Å². The number of nitrogens with zero attached hydrogens (tertiary/aromatic N) is 1. The van der Waals surface area contributed by atoms with Gasteiger partial charge in [0.15, 0.2) is 23.9 Å². The third-order valence-electron chi connectivity index (χ3n) is 5.12. The predicted octanol–water partition coefficient (Wildman–Crippen LogP) is 2.07. The standard InChI is InChI=1S/C21H26N2O7/c1-3-7-21(8-4-2)19(26)23(20(27)22-21)12-18(25)30-13-15(24)14-5-6-16-17(11-14)29-10-9-28-16/h5-6,11H,3-4,7-10,12-13H2,1-2H3,(H,22,27). The van der Waals surface area contributed by atoms with Crippen LogP contribution in [0.4, 0.5) is 4.79 Å². The summed E-state index contributed by atoms with van der Waals surface area (Å²) in [6, 6.07) is 4.10. The molecule has 9 nitrogen and oxygen atoms in total. The van der Waals surface area contributed by atoms with Gasteiger partial charge in [0.1, 0.15) is 25.3 Å². The molecule has 2 heterocycles. The molecule has 0 aliphatic carbocycles. The van der Waals surface area contributed by atoms with Crippen LogP contribution in [0, 0.1) is 0 Å². The van der Waals surface area contributed by atoms with Crippen molar-refractivity contribution in [1.29, 1.82) is 0 Å². The molecular formula is C21H26N2O7. The number of imide groups is 1. The van der Waals surface area contributed by atoms with Crippen LogP contribution >= 0.6 is 0 Å². The van der Waals surface area contributed by atoms with Gasteiger partial charge in [0.05, 0.1) is 0 Å². The molecule has 1 fully saturated rings. The summed E-state index contributed by atoms with van der Waals surface area (Å²) >= 11 is 0. The molecule has 3 amide bonds. The number of esters is 1. The van der Waals surface area contributed by atoms with Crippen molar-refractivity contribution in [1.82, 2.24) is 10.2 Å². The molecule has 0 bridgehead atoms.